The highest BCUT2D eigenvalue weighted by molar-refractivity contribution is 5.78. The van der Waals surface area contributed by atoms with Gasteiger partial charge in [-0.25, -0.2) is 0 Å². The number of hydrogen-bond acceptors (Lipinski definition) is 4. The van der Waals surface area contributed by atoms with E-state index in [1.807, 2.05) is 4.90 Å². The lowest BCUT2D eigenvalue weighted by Crippen LogP contribution is -2.56. The monoisotopic (exact) mass is 372 g/mol. The van der Waals surface area contributed by atoms with Crippen LogP contribution in [0.2, 0.25) is 0 Å². The summed E-state index contributed by atoms with van der Waals surface area (Å²) in [5, 5.41) is 0. The first kappa shape index (κ1) is 19.7. The summed E-state index contributed by atoms with van der Waals surface area (Å²) in [5.41, 5.74) is 7.83. The SMILES string of the molecule is Cc1ccccc1N1CCN([C@H]2CCCN(C(=O)CCCC(N)=O)C2)CC1. The Kier molecular flexibility index (Phi) is 6.72. The highest BCUT2D eigenvalue weighted by Crippen LogP contribution is 2.23. The van der Waals surface area contributed by atoms with Gasteiger partial charge in [0.2, 0.25) is 11.8 Å². The Bertz CT molecular complexity index is 655. The van der Waals surface area contributed by atoms with Gasteiger partial charge in [0, 0.05) is 63.8 Å². The molecule has 1 aromatic carbocycles. The van der Waals surface area contributed by atoms with Crippen LogP contribution in [0.5, 0.6) is 0 Å². The number of hydrogen-bond donors (Lipinski definition) is 1. The number of amides is 2. The molecule has 0 saturated carbocycles. The summed E-state index contributed by atoms with van der Waals surface area (Å²) in [7, 11) is 0. The predicted molar refractivity (Wildman–Crippen MR) is 108 cm³/mol. The van der Waals surface area contributed by atoms with E-state index >= 15 is 0 Å². The first-order valence-corrected chi connectivity index (χ1v) is 10.2. The van der Waals surface area contributed by atoms with Gasteiger partial charge >= 0.3 is 0 Å². The quantitative estimate of drug-likeness (QED) is 0.826. The largest absolute Gasteiger partial charge is 0.370 e. The van der Waals surface area contributed by atoms with Gasteiger partial charge in [-0.3, -0.25) is 14.5 Å². The van der Waals surface area contributed by atoms with Crippen LogP contribution in [-0.4, -0.2) is 66.9 Å². The number of benzene rings is 1. The lowest BCUT2D eigenvalue weighted by atomic mass is 10.0. The zero-order chi connectivity index (χ0) is 19.2. The van der Waals surface area contributed by atoms with Crippen molar-refractivity contribution in [2.24, 2.45) is 5.73 Å². The standard InChI is InChI=1S/C21H32N4O2/c1-17-6-2-3-8-19(17)24-14-12-23(13-15-24)18-7-5-11-25(16-18)21(27)10-4-9-20(22)26/h2-3,6,8,18H,4-5,7,9-16H2,1H3,(H2,22,26)/t18-/m0/s1. The summed E-state index contributed by atoms with van der Waals surface area (Å²) in [6.45, 7) is 7.99. The Morgan fingerprint density at radius 2 is 1.81 bits per heavy atom. The number of piperidine rings is 1. The molecule has 2 heterocycles. The lowest BCUT2D eigenvalue weighted by Gasteiger charge is -2.44. The maximum atomic E-state index is 12.4. The Morgan fingerprint density at radius 3 is 2.52 bits per heavy atom. The summed E-state index contributed by atoms with van der Waals surface area (Å²) in [6.07, 6.45) is 3.50. The summed E-state index contributed by atoms with van der Waals surface area (Å²) in [4.78, 5) is 30.3. The lowest BCUT2D eigenvalue weighted by molar-refractivity contribution is -0.133. The average molecular weight is 373 g/mol. The van der Waals surface area contributed by atoms with E-state index in [4.69, 9.17) is 5.73 Å². The van der Waals surface area contributed by atoms with E-state index in [1.165, 1.54) is 11.3 Å². The molecule has 2 aliphatic heterocycles. The molecule has 1 atom stereocenters. The van der Waals surface area contributed by atoms with E-state index in [1.54, 1.807) is 0 Å². The molecule has 6 heteroatoms. The molecule has 2 fully saturated rings. The molecule has 1 aromatic rings. The minimum absolute atomic E-state index is 0.166. The highest BCUT2D eigenvalue weighted by Gasteiger charge is 2.30. The zero-order valence-corrected chi connectivity index (χ0v) is 16.4. The van der Waals surface area contributed by atoms with Gasteiger partial charge in [0.1, 0.15) is 0 Å². The van der Waals surface area contributed by atoms with Gasteiger partial charge in [-0.2, -0.15) is 0 Å². The van der Waals surface area contributed by atoms with Crippen LogP contribution in [0.4, 0.5) is 5.69 Å². The number of piperazine rings is 1. The van der Waals surface area contributed by atoms with E-state index < -0.39 is 0 Å². The van der Waals surface area contributed by atoms with Gasteiger partial charge in [0.15, 0.2) is 0 Å². The summed E-state index contributed by atoms with van der Waals surface area (Å²) in [6, 6.07) is 9.03. The fourth-order valence-electron chi connectivity index (χ4n) is 4.30. The molecule has 0 aromatic heterocycles. The molecule has 0 radical (unpaired) electrons. The van der Waals surface area contributed by atoms with Crippen LogP contribution in [0.1, 0.15) is 37.7 Å². The van der Waals surface area contributed by atoms with E-state index in [0.717, 1.165) is 52.1 Å². The van der Waals surface area contributed by atoms with Crippen molar-refractivity contribution in [3.05, 3.63) is 29.8 Å². The van der Waals surface area contributed by atoms with E-state index in [0.29, 0.717) is 25.3 Å². The van der Waals surface area contributed by atoms with E-state index in [-0.39, 0.29) is 11.8 Å². The number of aryl methyl sites for hydroxylation is 1. The molecule has 0 aliphatic carbocycles. The summed E-state index contributed by atoms with van der Waals surface area (Å²) >= 11 is 0. The number of rotatable bonds is 6. The van der Waals surface area contributed by atoms with Gasteiger partial charge in [0.25, 0.3) is 0 Å². The molecule has 2 N–H and O–H groups in total. The third kappa shape index (κ3) is 5.22. The van der Waals surface area contributed by atoms with E-state index in [9.17, 15) is 9.59 Å². The second-order valence-electron chi connectivity index (χ2n) is 7.77. The molecular weight excluding hydrogens is 340 g/mol. The molecular formula is C21H32N4O2. The molecule has 2 aliphatic rings. The average Bonchev–Trinajstić information content (AvgIpc) is 2.68. The number of likely N-dealkylation sites (tertiary alicyclic amines) is 1. The molecule has 0 bridgehead atoms. The first-order chi connectivity index (χ1) is 13.0. The Morgan fingerprint density at radius 1 is 1.07 bits per heavy atom. The van der Waals surface area contributed by atoms with Gasteiger partial charge in [-0.15, -0.1) is 0 Å². The van der Waals surface area contributed by atoms with Crippen molar-refractivity contribution in [2.75, 3.05) is 44.2 Å². The normalized spacial score (nSPS) is 21.3. The van der Waals surface area contributed by atoms with Crippen molar-refractivity contribution in [1.82, 2.24) is 9.80 Å². The fraction of sp³-hybridized carbons (Fsp3) is 0.619. The minimum atomic E-state index is -0.328. The highest BCUT2D eigenvalue weighted by atomic mass is 16.2. The van der Waals surface area contributed by atoms with Crippen molar-refractivity contribution < 1.29 is 9.59 Å². The maximum Gasteiger partial charge on any atom is 0.222 e. The van der Waals surface area contributed by atoms with Gasteiger partial charge in [-0.05, 0) is 37.8 Å². The third-order valence-corrected chi connectivity index (χ3v) is 5.85. The van der Waals surface area contributed by atoms with Gasteiger partial charge in [-0.1, -0.05) is 18.2 Å². The minimum Gasteiger partial charge on any atom is -0.370 e. The van der Waals surface area contributed by atoms with Crippen LogP contribution in [0, 0.1) is 6.92 Å². The number of carbonyl (C=O) groups is 2. The van der Waals surface area contributed by atoms with Crippen molar-refractivity contribution >= 4 is 17.5 Å². The number of carbonyl (C=O) groups excluding carboxylic acids is 2. The Balaban J connectivity index is 1.48. The van der Waals surface area contributed by atoms with Crippen LogP contribution >= 0.6 is 0 Å². The molecule has 2 saturated heterocycles. The molecule has 0 unspecified atom stereocenters. The number of nitrogens with two attached hydrogens (primary N) is 1. The van der Waals surface area contributed by atoms with Crippen LogP contribution in [0.15, 0.2) is 24.3 Å². The third-order valence-electron chi connectivity index (χ3n) is 5.85. The molecule has 6 nitrogen and oxygen atoms in total. The fourth-order valence-corrected chi connectivity index (χ4v) is 4.30. The van der Waals surface area contributed by atoms with Crippen LogP contribution in [0.3, 0.4) is 0 Å². The second kappa shape index (κ2) is 9.22. The number of anilines is 1. The smallest absolute Gasteiger partial charge is 0.222 e. The summed E-state index contributed by atoms with van der Waals surface area (Å²) in [5.74, 6) is -0.162. The van der Waals surface area contributed by atoms with Crippen LogP contribution in [0.25, 0.3) is 0 Å². The van der Waals surface area contributed by atoms with Gasteiger partial charge in [0.05, 0.1) is 0 Å². The Hall–Kier alpha value is -2.08. The molecule has 27 heavy (non-hydrogen) atoms. The second-order valence-corrected chi connectivity index (χ2v) is 7.77. The molecule has 3 rings (SSSR count). The maximum absolute atomic E-state index is 12.4. The molecule has 0 spiro atoms. The number of primary amides is 1. The molecule has 148 valence electrons. The molecule has 2 amide bonds. The Labute approximate surface area is 162 Å². The predicted octanol–water partition coefficient (Wildman–Crippen LogP) is 1.76. The van der Waals surface area contributed by atoms with Gasteiger partial charge < -0.3 is 15.5 Å². The first-order valence-electron chi connectivity index (χ1n) is 10.2. The van der Waals surface area contributed by atoms with Crippen LogP contribution in [-0.2, 0) is 9.59 Å². The number of nitrogens with zero attached hydrogens (tertiary/aromatic N) is 3. The summed E-state index contributed by atoms with van der Waals surface area (Å²) < 4.78 is 0. The van der Waals surface area contributed by atoms with E-state index in [2.05, 4.69) is 41.0 Å². The van der Waals surface area contributed by atoms with Crippen molar-refractivity contribution in [2.45, 2.75) is 45.1 Å². The van der Waals surface area contributed by atoms with Crippen molar-refractivity contribution in [3.8, 4) is 0 Å². The van der Waals surface area contributed by atoms with Crippen molar-refractivity contribution in [1.29, 1.82) is 0 Å². The number of para-hydroxylation sites is 1. The topological polar surface area (TPSA) is 69.9 Å². The zero-order valence-electron chi connectivity index (χ0n) is 16.4. The van der Waals surface area contributed by atoms with Crippen molar-refractivity contribution in [3.63, 3.8) is 0 Å². The van der Waals surface area contributed by atoms with Crippen LogP contribution < -0.4 is 10.6 Å².